The molecule has 12 N–H and O–H groups in total. The number of ether oxygens (including phenoxy) is 4. The van der Waals surface area contributed by atoms with Gasteiger partial charge in [0.1, 0.15) is 11.4 Å². The molecule has 0 aliphatic carbocycles. The Hall–Kier alpha value is -15.9. The number of halogens is 16. The van der Waals surface area contributed by atoms with Crippen LogP contribution in [0.4, 0.5) is 163 Å². The van der Waals surface area contributed by atoms with Crippen LogP contribution in [0.1, 0.15) is 153 Å². The number of morpholine rings is 4. The molecule has 4 amide bonds. The predicted molar refractivity (Wildman–Crippen MR) is 521 cm³/mol. The number of rotatable bonds is 30. The van der Waals surface area contributed by atoms with Crippen molar-refractivity contribution in [2.75, 3.05) is 168 Å². The molecule has 4 saturated heterocycles. The molecule has 148 heavy (non-hydrogen) atoms. The molecule has 0 spiro atoms. The SMILES string of the molecule is CC(C)c1cc(Nc2cccc(C(F)(F)F)c2)ccc1C(=O)NNc1ncc(F)c(N2CCOCC2)n1.CC(C)c1nc(C(=O)NNc2ncc(F)c(N3CCOCC3)n2)ccc1Nc1cccc(C(F)(F)F)c1.CCCc1cc(Nc2cccc(C(F)(F)F)c2)ccc1C(=O)NNc1ncc(F)c(N2CCOCC2)n1.CCCc1nc(C(=O)NNc2ncc(F)c(N3CCOCC3)n2)ccc1Nc1cccc(C(F)(F)F)c1. The Labute approximate surface area is 837 Å². The minimum atomic E-state index is -4.47. The Balaban J connectivity index is 0.000000165. The molecule has 6 aromatic carbocycles. The van der Waals surface area contributed by atoms with Crippen LogP contribution in [0.15, 0.2) is 183 Å². The summed E-state index contributed by atoms with van der Waals surface area (Å²) < 4.78 is 235. The quantitative estimate of drug-likeness (QED) is 0.0147. The number of pyridine rings is 2. The first-order valence-electron chi connectivity index (χ1n) is 46.4. The van der Waals surface area contributed by atoms with Crippen LogP contribution in [0.5, 0.6) is 0 Å². The Morgan fingerprint density at radius 3 is 0.973 bits per heavy atom. The minimum Gasteiger partial charge on any atom is -0.378 e. The van der Waals surface area contributed by atoms with E-state index in [0.29, 0.717) is 181 Å². The van der Waals surface area contributed by atoms with Gasteiger partial charge < -0.3 is 59.8 Å². The van der Waals surface area contributed by atoms with E-state index in [1.165, 1.54) is 60.7 Å². The second-order valence-corrected chi connectivity index (χ2v) is 33.8. The number of aromatic nitrogens is 10. The minimum absolute atomic E-state index is 0.00661. The van der Waals surface area contributed by atoms with Crippen molar-refractivity contribution in [1.29, 1.82) is 0 Å². The molecule has 784 valence electrons. The monoisotopic (exact) mass is 2070 g/mol. The molecule has 0 bridgehead atoms. The standard InChI is InChI=1S/2C25H26F4N6O2.2C24H25F4N7O2/c1-15(2)20-13-18(31-17-5-3-4-16(12-17)25(27,28)29)6-7-19(20)23(36)33-34-24-30-14-21(26)22(32-24)35-8-10-37-11-9-35;1-2-4-16-13-19(31-18-6-3-5-17(14-18)25(27,28)29)7-8-20(16)23(36)33-34-24-30-15-21(26)22(32-24)35-9-11-37-12-10-35;1-14(2)20-18(30-16-5-3-4-15(12-16)24(26,27)28)6-7-19(31-20)22(36)33-34-23-29-13-17(25)21(32-23)35-8-10-37-11-9-35;1-2-4-18-19(30-16-6-3-5-15(13-16)24(26,27)28)7-8-20(31-18)22(36)33-34-23-29-14-17(25)21(32-23)35-9-11-37-12-10-35/h3-7,12-15,31H,8-11H2,1-2H3,(H,33,36)(H,30,32,34);3,5-8,13-15,31H,2,4,9-12H2,1H3,(H,33,36)(H,30,32,34);3-7,12-14,30H,8-11H2,1-2H3,(H,33,36)(H,29,32,34);3,5-8,13-14,30H,2,4,9-12H2,1H3,(H,33,36)(H,29,32,34). The Kier molecular flexibility index (Phi) is 37.2. The number of carbonyl (C=O) groups is 4. The highest BCUT2D eigenvalue weighted by molar-refractivity contribution is 5.98. The number of nitrogens with one attached hydrogen (secondary N) is 12. The smallest absolute Gasteiger partial charge is 0.378 e. The molecule has 0 radical (unpaired) electrons. The van der Waals surface area contributed by atoms with Crippen molar-refractivity contribution < 1.29 is 108 Å². The van der Waals surface area contributed by atoms with Gasteiger partial charge in [-0.1, -0.05) is 78.6 Å². The third-order valence-corrected chi connectivity index (χ3v) is 22.4. The molecule has 10 heterocycles. The maximum atomic E-state index is 14.2. The van der Waals surface area contributed by atoms with Crippen molar-refractivity contribution in [2.24, 2.45) is 0 Å². The summed E-state index contributed by atoms with van der Waals surface area (Å²) in [5, 5.41) is 11.8. The summed E-state index contributed by atoms with van der Waals surface area (Å²) >= 11 is 0. The van der Waals surface area contributed by atoms with Gasteiger partial charge >= 0.3 is 24.7 Å². The zero-order valence-electron chi connectivity index (χ0n) is 80.2. The van der Waals surface area contributed by atoms with Crippen LogP contribution in [-0.2, 0) is 56.5 Å². The highest BCUT2D eigenvalue weighted by Crippen LogP contribution is 2.39. The molecule has 34 nitrogen and oxygen atoms in total. The number of benzene rings is 6. The summed E-state index contributed by atoms with van der Waals surface area (Å²) in [7, 11) is 0. The number of nitrogens with zero attached hydrogens (tertiary/aromatic N) is 14. The summed E-state index contributed by atoms with van der Waals surface area (Å²) in [5.41, 5.74) is 23.5. The Morgan fingerprint density at radius 2 is 0.635 bits per heavy atom. The van der Waals surface area contributed by atoms with Gasteiger partial charge in [0.15, 0.2) is 46.5 Å². The lowest BCUT2D eigenvalue weighted by Crippen LogP contribution is -2.38. The number of amides is 4. The van der Waals surface area contributed by atoms with E-state index >= 15 is 0 Å². The van der Waals surface area contributed by atoms with E-state index in [4.69, 9.17) is 18.9 Å². The van der Waals surface area contributed by atoms with Crippen LogP contribution in [-0.4, -0.2) is 179 Å². The summed E-state index contributed by atoms with van der Waals surface area (Å²) in [4.78, 5) is 99.1. The molecule has 0 atom stereocenters. The largest absolute Gasteiger partial charge is 0.416 e. The van der Waals surface area contributed by atoms with E-state index in [9.17, 15) is 89.4 Å². The van der Waals surface area contributed by atoms with Crippen molar-refractivity contribution in [2.45, 2.75) is 104 Å². The molecule has 4 aliphatic rings. The molecule has 16 rings (SSSR count). The van der Waals surface area contributed by atoms with Gasteiger partial charge in [-0.15, -0.1) is 0 Å². The number of hydrazine groups is 4. The molecule has 0 unspecified atom stereocenters. The molecule has 50 heteroatoms. The van der Waals surface area contributed by atoms with Gasteiger partial charge in [-0.05, 0) is 169 Å². The van der Waals surface area contributed by atoms with E-state index in [0.717, 1.165) is 79.7 Å². The fourth-order valence-electron chi connectivity index (χ4n) is 15.1. The second-order valence-electron chi connectivity index (χ2n) is 33.8. The van der Waals surface area contributed by atoms with E-state index < -0.39 is 93.9 Å². The molecular formula is C98H102F16N26O8. The highest BCUT2D eigenvalue weighted by atomic mass is 19.4. The number of alkyl halides is 12. The number of carbonyl (C=O) groups excluding carboxylic acids is 4. The maximum Gasteiger partial charge on any atom is 0.416 e. The average Bonchev–Trinajstić information content (AvgIpc) is 0.811. The molecule has 12 aromatic rings. The fourth-order valence-corrected chi connectivity index (χ4v) is 15.1. The molecule has 4 aliphatic heterocycles. The van der Waals surface area contributed by atoms with Crippen LogP contribution >= 0.6 is 0 Å². The molecule has 0 saturated carbocycles. The number of hydrogen-bond donors (Lipinski definition) is 12. The lowest BCUT2D eigenvalue weighted by atomic mass is 9.96. The van der Waals surface area contributed by atoms with Crippen LogP contribution < -0.4 is 84.3 Å². The lowest BCUT2D eigenvalue weighted by molar-refractivity contribution is -0.138. The Bertz CT molecular complexity index is 6570. The molecule has 6 aromatic heterocycles. The van der Waals surface area contributed by atoms with E-state index in [1.54, 1.807) is 68.1 Å². The van der Waals surface area contributed by atoms with Crippen molar-refractivity contribution in [1.82, 2.24) is 71.5 Å². The fraction of sp³-hybridized carbons (Fsp3) is 0.327. The zero-order valence-corrected chi connectivity index (χ0v) is 80.2. The number of hydrogen-bond acceptors (Lipinski definition) is 30. The highest BCUT2D eigenvalue weighted by Gasteiger charge is 2.36. The third-order valence-electron chi connectivity index (χ3n) is 22.4. The van der Waals surface area contributed by atoms with Gasteiger partial charge in [0.25, 0.3) is 23.6 Å². The van der Waals surface area contributed by atoms with Gasteiger partial charge in [-0.2, -0.15) is 72.6 Å². The van der Waals surface area contributed by atoms with Crippen LogP contribution in [0.25, 0.3) is 0 Å². The van der Waals surface area contributed by atoms with Crippen LogP contribution in [0.3, 0.4) is 0 Å². The van der Waals surface area contributed by atoms with Crippen LogP contribution in [0.2, 0.25) is 0 Å². The molecular weight excluding hydrogens is 1970 g/mol. The Morgan fingerprint density at radius 1 is 0.331 bits per heavy atom. The molecule has 4 fully saturated rings. The average molecular weight is 2080 g/mol. The zero-order chi connectivity index (χ0) is 106. The van der Waals surface area contributed by atoms with Gasteiger partial charge in [-0.25, -0.2) is 47.5 Å². The van der Waals surface area contributed by atoms with Crippen molar-refractivity contribution in [3.63, 3.8) is 0 Å². The summed E-state index contributed by atoms with van der Waals surface area (Å²) in [6, 6.07) is 35.2. The third kappa shape index (κ3) is 30.6. The normalized spacial score (nSPS) is 13.9. The summed E-state index contributed by atoms with van der Waals surface area (Å²) in [5.74, 6) is -4.24. The maximum absolute atomic E-state index is 14.2. The number of aryl methyl sites for hydroxylation is 2. The topological polar surface area (TPSA) is 391 Å². The van der Waals surface area contributed by atoms with E-state index in [2.05, 4.69) is 115 Å². The van der Waals surface area contributed by atoms with Crippen molar-refractivity contribution >= 4 is 116 Å². The van der Waals surface area contributed by atoms with E-state index in [-0.39, 0.29) is 93.0 Å². The van der Waals surface area contributed by atoms with E-state index in [1.807, 2.05) is 41.5 Å². The van der Waals surface area contributed by atoms with Gasteiger partial charge in [-0.3, -0.25) is 62.6 Å². The summed E-state index contributed by atoms with van der Waals surface area (Å²) in [6.07, 6.45) is -11.3. The van der Waals surface area contributed by atoms with Gasteiger partial charge in [0, 0.05) is 97.6 Å². The first-order valence-corrected chi connectivity index (χ1v) is 46.4. The predicted octanol–water partition coefficient (Wildman–Crippen LogP) is 18.8. The second kappa shape index (κ2) is 50.3. The van der Waals surface area contributed by atoms with Crippen molar-refractivity contribution in [3.8, 4) is 0 Å². The van der Waals surface area contributed by atoms with Gasteiger partial charge in [0.2, 0.25) is 23.8 Å². The van der Waals surface area contributed by atoms with Crippen LogP contribution in [0, 0.1) is 23.3 Å². The first-order chi connectivity index (χ1) is 70.7. The number of anilines is 16. The summed E-state index contributed by atoms with van der Waals surface area (Å²) in [6.45, 7) is 18.8. The van der Waals surface area contributed by atoms with Gasteiger partial charge in [0.05, 0.1) is 123 Å². The van der Waals surface area contributed by atoms with Crippen molar-refractivity contribution in [3.05, 3.63) is 273 Å². The first kappa shape index (κ1) is 109. The lowest BCUT2D eigenvalue weighted by Gasteiger charge is -2.28.